The van der Waals surface area contributed by atoms with Crippen molar-refractivity contribution in [1.82, 2.24) is 19.6 Å². The van der Waals surface area contributed by atoms with Crippen molar-refractivity contribution in [2.75, 3.05) is 0 Å². The van der Waals surface area contributed by atoms with E-state index in [1.54, 1.807) is 0 Å². The molecule has 1 amide bonds. The van der Waals surface area contributed by atoms with Crippen molar-refractivity contribution in [2.24, 2.45) is 0 Å². The smallest absolute Gasteiger partial charge is 0.351 e. The lowest BCUT2D eigenvalue weighted by atomic mass is 10.1. The van der Waals surface area contributed by atoms with Gasteiger partial charge in [-0.15, -0.1) is 0 Å². The Morgan fingerprint density at radius 1 is 1.08 bits per heavy atom. The van der Waals surface area contributed by atoms with Crippen molar-refractivity contribution in [1.29, 1.82) is 0 Å². The number of carbonyl (C=O) groups excluding carboxylic acids is 1. The van der Waals surface area contributed by atoms with Gasteiger partial charge in [-0.25, -0.2) is 21.6 Å². The molecule has 0 aliphatic carbocycles. The van der Waals surface area contributed by atoms with E-state index in [1.807, 2.05) is 0 Å². The highest BCUT2D eigenvalue weighted by Crippen LogP contribution is 2.33. The second-order valence-electron chi connectivity index (χ2n) is 8.61. The fraction of sp³-hybridized carbons (Fsp3) is 0.292. The predicted octanol–water partition coefficient (Wildman–Crippen LogP) is 4.25. The number of benzene rings is 1. The van der Waals surface area contributed by atoms with Crippen molar-refractivity contribution < 1.29 is 39.6 Å². The van der Waals surface area contributed by atoms with Gasteiger partial charge in [0.2, 0.25) is 15.9 Å². The molecule has 202 valence electrons. The van der Waals surface area contributed by atoms with Gasteiger partial charge in [0.1, 0.15) is 29.5 Å². The number of carbonyl (C=O) groups is 1. The number of alkyl halides is 4. The van der Waals surface area contributed by atoms with Gasteiger partial charge >= 0.3 is 6.18 Å². The third kappa shape index (κ3) is 5.50. The molecular formula is C24H20F6N4O3S. The summed E-state index contributed by atoms with van der Waals surface area (Å²) in [5.41, 5.74) is -0.977. The van der Waals surface area contributed by atoms with Crippen LogP contribution < -0.4 is 5.32 Å². The number of amides is 1. The minimum absolute atomic E-state index is 0.0794. The van der Waals surface area contributed by atoms with Gasteiger partial charge in [-0.1, -0.05) is 0 Å². The first-order chi connectivity index (χ1) is 17.8. The maximum atomic E-state index is 14.6. The molecule has 1 aliphatic rings. The minimum atomic E-state index is -4.64. The van der Waals surface area contributed by atoms with E-state index in [0.29, 0.717) is 4.31 Å². The molecule has 3 heterocycles. The number of sulfonamides is 1. The molecule has 3 aromatic rings. The van der Waals surface area contributed by atoms with Gasteiger partial charge in [0.15, 0.2) is 0 Å². The molecule has 0 saturated carbocycles. The summed E-state index contributed by atoms with van der Waals surface area (Å²) in [4.78, 5) is 19.8. The number of halogens is 6. The van der Waals surface area contributed by atoms with E-state index in [4.69, 9.17) is 0 Å². The maximum Gasteiger partial charge on any atom is 0.433 e. The van der Waals surface area contributed by atoms with Gasteiger partial charge in [-0.3, -0.25) is 14.8 Å². The van der Waals surface area contributed by atoms with Crippen LogP contribution in [0.5, 0.6) is 0 Å². The standard InChI is InChI=1S/C24H20F6N4O3S/c1-13-18(26)9-21(34(13)38(36,37)17-5-3-16(25)4-6-17)23(35)33-11-15-8-20(31-12-19(15)27)14-2-7-22(32-10-14)24(28,29)30/h2-8,10,12-13,18,21H,9,11H2,1H3,(H,33,35)/t13-,18+,21-/m0/s1. The number of rotatable bonds is 6. The molecule has 1 aromatic carbocycles. The van der Waals surface area contributed by atoms with Crippen LogP contribution in [0.25, 0.3) is 11.3 Å². The van der Waals surface area contributed by atoms with Crippen molar-refractivity contribution in [3.8, 4) is 11.3 Å². The van der Waals surface area contributed by atoms with Gasteiger partial charge in [0.05, 0.1) is 22.8 Å². The lowest BCUT2D eigenvalue weighted by Crippen LogP contribution is -2.48. The summed E-state index contributed by atoms with van der Waals surface area (Å²) in [5, 5.41) is 2.39. The van der Waals surface area contributed by atoms with Gasteiger partial charge in [0.25, 0.3) is 0 Å². The van der Waals surface area contributed by atoms with Crippen molar-refractivity contribution in [2.45, 2.75) is 49.2 Å². The highest BCUT2D eigenvalue weighted by molar-refractivity contribution is 7.89. The number of aromatic nitrogens is 2. The Morgan fingerprint density at radius 3 is 2.37 bits per heavy atom. The average Bonchev–Trinajstić information content (AvgIpc) is 3.18. The van der Waals surface area contributed by atoms with Crippen LogP contribution in [0.4, 0.5) is 26.3 Å². The van der Waals surface area contributed by atoms with E-state index in [0.717, 1.165) is 48.8 Å². The summed E-state index contributed by atoms with van der Waals surface area (Å²) in [7, 11) is -4.38. The Hall–Kier alpha value is -3.52. The van der Waals surface area contributed by atoms with E-state index in [2.05, 4.69) is 15.3 Å². The van der Waals surface area contributed by atoms with E-state index < -0.39 is 70.7 Å². The second-order valence-corrected chi connectivity index (χ2v) is 10.4. The zero-order valence-corrected chi connectivity index (χ0v) is 20.4. The molecule has 2 aromatic heterocycles. The molecule has 1 fully saturated rings. The summed E-state index contributed by atoms with van der Waals surface area (Å²) < 4.78 is 108. The third-order valence-corrected chi connectivity index (χ3v) is 8.12. The topological polar surface area (TPSA) is 92.3 Å². The molecule has 1 aliphatic heterocycles. The third-order valence-electron chi connectivity index (χ3n) is 6.11. The van der Waals surface area contributed by atoms with Crippen molar-refractivity contribution >= 4 is 15.9 Å². The lowest BCUT2D eigenvalue weighted by Gasteiger charge is -2.27. The number of hydrogen-bond acceptors (Lipinski definition) is 5. The van der Waals surface area contributed by atoms with Gasteiger partial charge < -0.3 is 5.32 Å². The van der Waals surface area contributed by atoms with E-state index in [9.17, 15) is 39.6 Å². The minimum Gasteiger partial charge on any atom is -0.351 e. The number of hydrogen-bond donors (Lipinski definition) is 1. The molecule has 38 heavy (non-hydrogen) atoms. The molecule has 14 heteroatoms. The molecule has 3 atom stereocenters. The SMILES string of the molecule is C[C@H]1[C@H](F)C[C@@H](C(=O)NCc2cc(-c3ccc(C(F)(F)F)nc3)ncc2F)N1S(=O)(=O)c1ccc(F)cc1. The van der Waals surface area contributed by atoms with Crippen molar-refractivity contribution in [3.63, 3.8) is 0 Å². The molecule has 0 unspecified atom stereocenters. The zero-order chi connectivity index (χ0) is 27.8. The first-order valence-corrected chi connectivity index (χ1v) is 12.6. The van der Waals surface area contributed by atoms with Crippen LogP contribution in [-0.2, 0) is 27.5 Å². The molecule has 4 rings (SSSR count). The highest BCUT2D eigenvalue weighted by Gasteiger charge is 2.49. The van der Waals surface area contributed by atoms with E-state index in [-0.39, 0.29) is 21.7 Å². The van der Waals surface area contributed by atoms with Crippen LogP contribution in [0.15, 0.2) is 59.8 Å². The van der Waals surface area contributed by atoms with Crippen LogP contribution in [0.2, 0.25) is 0 Å². The number of nitrogens with zero attached hydrogens (tertiary/aromatic N) is 3. The first kappa shape index (κ1) is 27.5. The number of nitrogens with one attached hydrogen (secondary N) is 1. The molecule has 1 N–H and O–H groups in total. The largest absolute Gasteiger partial charge is 0.433 e. The van der Waals surface area contributed by atoms with Crippen molar-refractivity contribution in [3.05, 3.63) is 77.8 Å². The Morgan fingerprint density at radius 2 is 1.76 bits per heavy atom. The molecule has 0 radical (unpaired) electrons. The summed E-state index contributed by atoms with van der Waals surface area (Å²) >= 11 is 0. The van der Waals surface area contributed by atoms with Crippen LogP contribution in [0.1, 0.15) is 24.6 Å². The molecule has 1 saturated heterocycles. The van der Waals surface area contributed by atoms with Gasteiger partial charge in [-0.2, -0.15) is 17.5 Å². The average molecular weight is 559 g/mol. The quantitative estimate of drug-likeness (QED) is 0.457. The predicted molar refractivity (Wildman–Crippen MR) is 122 cm³/mol. The monoisotopic (exact) mass is 558 g/mol. The highest BCUT2D eigenvalue weighted by atomic mass is 32.2. The Kier molecular flexibility index (Phi) is 7.48. The van der Waals surface area contributed by atoms with Crippen LogP contribution in [-0.4, -0.2) is 46.9 Å². The second kappa shape index (κ2) is 10.3. The fourth-order valence-electron chi connectivity index (χ4n) is 4.08. The molecule has 7 nitrogen and oxygen atoms in total. The molecular weight excluding hydrogens is 538 g/mol. The summed E-state index contributed by atoms with van der Waals surface area (Å²) in [6, 6.07) is 4.24. The fourth-order valence-corrected chi connectivity index (χ4v) is 5.89. The van der Waals surface area contributed by atoms with Crippen LogP contribution in [0, 0.1) is 11.6 Å². The summed E-state index contributed by atoms with van der Waals surface area (Å²) in [6.45, 7) is 0.854. The maximum absolute atomic E-state index is 14.6. The molecule has 0 bridgehead atoms. The van der Waals surface area contributed by atoms with Gasteiger partial charge in [-0.05, 0) is 49.4 Å². The normalized spacial score (nSPS) is 20.4. The van der Waals surface area contributed by atoms with Crippen LogP contribution in [0.3, 0.4) is 0 Å². The first-order valence-electron chi connectivity index (χ1n) is 11.2. The Labute approximate surface area is 213 Å². The molecule has 0 spiro atoms. The zero-order valence-electron chi connectivity index (χ0n) is 19.6. The summed E-state index contributed by atoms with van der Waals surface area (Å²) in [6.07, 6.45) is -5.02. The summed E-state index contributed by atoms with van der Waals surface area (Å²) in [5.74, 6) is -2.41. The Balaban J connectivity index is 1.53. The lowest BCUT2D eigenvalue weighted by molar-refractivity contribution is -0.141. The number of pyridine rings is 2. The van der Waals surface area contributed by atoms with E-state index in [1.165, 1.54) is 13.0 Å². The van der Waals surface area contributed by atoms with Gasteiger partial charge in [0, 0.05) is 30.3 Å². The Bertz CT molecular complexity index is 1430. The van der Waals surface area contributed by atoms with E-state index >= 15 is 0 Å². The van der Waals surface area contributed by atoms with Crippen LogP contribution >= 0.6 is 0 Å².